The van der Waals surface area contributed by atoms with Crippen molar-refractivity contribution in [3.63, 3.8) is 0 Å². The Bertz CT molecular complexity index is 700. The number of anilines is 1. The lowest BCUT2D eigenvalue weighted by Crippen LogP contribution is -2.35. The molecule has 2 heterocycles. The fourth-order valence-electron chi connectivity index (χ4n) is 2.15. The number of rotatable bonds is 3. The number of pyridine rings is 1. The molecule has 0 saturated heterocycles. The van der Waals surface area contributed by atoms with Gasteiger partial charge in [0.2, 0.25) is 5.91 Å². The molecule has 3 rings (SSSR count). The lowest BCUT2D eigenvalue weighted by Gasteiger charge is -2.28. The van der Waals surface area contributed by atoms with E-state index in [1.54, 1.807) is 41.4 Å². The van der Waals surface area contributed by atoms with Crippen molar-refractivity contribution in [3.05, 3.63) is 53.7 Å². The lowest BCUT2D eigenvalue weighted by molar-refractivity contribution is -0.116. The minimum atomic E-state index is -0.957. The molecule has 2 aromatic rings. The number of carboxylic acid groups (broad SMARTS) is 1. The summed E-state index contributed by atoms with van der Waals surface area (Å²) in [5, 5.41) is 9.74. The Balaban J connectivity index is 1.87. The average Bonchev–Trinajstić information content (AvgIpc) is 2.51. The molecule has 6 heteroatoms. The van der Waals surface area contributed by atoms with Crippen LogP contribution in [0.15, 0.2) is 47.6 Å². The lowest BCUT2D eigenvalue weighted by atomic mass is 10.1. The summed E-state index contributed by atoms with van der Waals surface area (Å²) < 4.78 is 0. The van der Waals surface area contributed by atoms with Gasteiger partial charge in [-0.25, -0.2) is 9.78 Å². The first-order valence-electron chi connectivity index (χ1n) is 6.35. The normalized spacial score (nSPS) is 13.9. The highest BCUT2D eigenvalue weighted by atomic mass is 32.2. The second kappa shape index (κ2) is 5.57. The van der Waals surface area contributed by atoms with E-state index < -0.39 is 5.97 Å². The van der Waals surface area contributed by atoms with Crippen molar-refractivity contribution in [1.82, 2.24) is 4.98 Å². The number of carbonyl (C=O) groups excluding carboxylic acids is 1. The number of aromatic nitrogens is 1. The van der Waals surface area contributed by atoms with Crippen LogP contribution in [0.1, 0.15) is 15.9 Å². The Morgan fingerprint density at radius 1 is 1.29 bits per heavy atom. The molecule has 21 heavy (non-hydrogen) atoms. The summed E-state index contributed by atoms with van der Waals surface area (Å²) in [6, 6.07) is 10.2. The van der Waals surface area contributed by atoms with Gasteiger partial charge in [-0.2, -0.15) is 0 Å². The smallest absolute Gasteiger partial charge is 0.335 e. The van der Waals surface area contributed by atoms with E-state index in [-0.39, 0.29) is 11.5 Å². The maximum Gasteiger partial charge on any atom is 0.335 e. The van der Waals surface area contributed by atoms with Crippen LogP contribution < -0.4 is 4.90 Å². The van der Waals surface area contributed by atoms with Gasteiger partial charge < -0.3 is 10.0 Å². The van der Waals surface area contributed by atoms with Gasteiger partial charge in [-0.1, -0.05) is 23.9 Å². The molecule has 0 atom stereocenters. The van der Waals surface area contributed by atoms with Gasteiger partial charge in [0.25, 0.3) is 0 Å². The van der Waals surface area contributed by atoms with Crippen molar-refractivity contribution in [2.24, 2.45) is 0 Å². The van der Waals surface area contributed by atoms with Crippen molar-refractivity contribution in [2.75, 3.05) is 10.7 Å². The summed E-state index contributed by atoms with van der Waals surface area (Å²) in [4.78, 5) is 28.9. The maximum absolute atomic E-state index is 12.1. The zero-order valence-corrected chi connectivity index (χ0v) is 11.8. The van der Waals surface area contributed by atoms with Gasteiger partial charge in [0.05, 0.1) is 23.5 Å². The summed E-state index contributed by atoms with van der Waals surface area (Å²) in [6.45, 7) is 0.415. The van der Waals surface area contributed by atoms with Gasteiger partial charge in [0, 0.05) is 6.20 Å². The predicted molar refractivity (Wildman–Crippen MR) is 79.6 cm³/mol. The minimum absolute atomic E-state index is 0.0304. The van der Waals surface area contributed by atoms with Gasteiger partial charge in [0.15, 0.2) is 0 Å². The Kier molecular flexibility index (Phi) is 3.62. The molecule has 1 aliphatic rings. The van der Waals surface area contributed by atoms with Crippen LogP contribution in [0.5, 0.6) is 0 Å². The predicted octanol–water partition coefficient (Wildman–Crippen LogP) is 2.42. The largest absolute Gasteiger partial charge is 0.478 e. The monoisotopic (exact) mass is 300 g/mol. The summed E-state index contributed by atoms with van der Waals surface area (Å²) in [6.07, 6.45) is 1.71. The standard InChI is InChI=1S/C15H12N2O3S/c18-13-9-21-14-12(2-1-7-16-14)17(13)8-10-3-5-11(6-4-10)15(19)20/h1-7H,8-9H2,(H,19,20). The number of aromatic carboxylic acids is 1. The van der Waals surface area contributed by atoms with Crippen LogP contribution in [0, 0.1) is 0 Å². The van der Waals surface area contributed by atoms with Gasteiger partial charge in [-0.05, 0) is 29.8 Å². The van der Waals surface area contributed by atoms with E-state index in [2.05, 4.69) is 4.98 Å². The number of amides is 1. The molecule has 0 bridgehead atoms. The molecule has 0 radical (unpaired) electrons. The van der Waals surface area contributed by atoms with Crippen molar-refractivity contribution in [3.8, 4) is 0 Å². The van der Waals surface area contributed by atoms with E-state index >= 15 is 0 Å². The zero-order chi connectivity index (χ0) is 14.8. The number of hydrogen-bond acceptors (Lipinski definition) is 4. The first kappa shape index (κ1) is 13.6. The first-order chi connectivity index (χ1) is 10.1. The van der Waals surface area contributed by atoms with Gasteiger partial charge >= 0.3 is 5.97 Å². The molecule has 1 aromatic heterocycles. The fraction of sp³-hybridized carbons (Fsp3) is 0.133. The van der Waals surface area contributed by atoms with Crippen molar-refractivity contribution in [2.45, 2.75) is 11.6 Å². The van der Waals surface area contributed by atoms with E-state index in [0.29, 0.717) is 12.3 Å². The van der Waals surface area contributed by atoms with Crippen LogP contribution in [0.3, 0.4) is 0 Å². The quantitative estimate of drug-likeness (QED) is 0.942. The SMILES string of the molecule is O=C(O)c1ccc(CN2C(=O)CSc3ncccc32)cc1. The molecule has 0 fully saturated rings. The summed E-state index contributed by atoms with van der Waals surface area (Å²) in [5.41, 5.74) is 1.93. The molecule has 0 saturated carbocycles. The van der Waals surface area contributed by atoms with Crippen molar-refractivity contribution < 1.29 is 14.7 Å². The molecule has 1 N–H and O–H groups in total. The van der Waals surface area contributed by atoms with Crippen LogP contribution in [0.25, 0.3) is 0 Å². The molecule has 0 aliphatic carbocycles. The topological polar surface area (TPSA) is 70.5 Å². The van der Waals surface area contributed by atoms with E-state index in [4.69, 9.17) is 5.11 Å². The van der Waals surface area contributed by atoms with Crippen molar-refractivity contribution in [1.29, 1.82) is 0 Å². The third kappa shape index (κ3) is 2.75. The Morgan fingerprint density at radius 3 is 2.76 bits per heavy atom. The van der Waals surface area contributed by atoms with Gasteiger partial charge in [0.1, 0.15) is 5.03 Å². The molecule has 0 unspecified atom stereocenters. The van der Waals surface area contributed by atoms with E-state index in [9.17, 15) is 9.59 Å². The van der Waals surface area contributed by atoms with E-state index in [1.165, 1.54) is 11.8 Å². The van der Waals surface area contributed by atoms with E-state index in [0.717, 1.165) is 16.3 Å². The Labute approximate surface area is 125 Å². The molecular formula is C15H12N2O3S. The number of benzene rings is 1. The number of fused-ring (bicyclic) bond motifs is 1. The molecule has 106 valence electrons. The molecule has 0 spiro atoms. The Morgan fingerprint density at radius 2 is 2.05 bits per heavy atom. The zero-order valence-electron chi connectivity index (χ0n) is 11.0. The van der Waals surface area contributed by atoms with Crippen LogP contribution in [0.2, 0.25) is 0 Å². The average molecular weight is 300 g/mol. The van der Waals surface area contributed by atoms with Crippen LogP contribution in [-0.2, 0) is 11.3 Å². The highest BCUT2D eigenvalue weighted by Crippen LogP contribution is 2.33. The fourth-order valence-corrected chi connectivity index (χ4v) is 3.03. The second-order valence-corrected chi connectivity index (χ2v) is 5.56. The first-order valence-corrected chi connectivity index (χ1v) is 7.34. The number of thioether (sulfide) groups is 1. The third-order valence-electron chi connectivity index (χ3n) is 3.22. The van der Waals surface area contributed by atoms with Gasteiger partial charge in [-0.3, -0.25) is 4.79 Å². The number of carbonyl (C=O) groups is 2. The number of nitrogens with zero attached hydrogens (tertiary/aromatic N) is 2. The molecule has 1 aliphatic heterocycles. The highest BCUT2D eigenvalue weighted by Gasteiger charge is 2.25. The number of hydrogen-bond donors (Lipinski definition) is 1. The summed E-state index contributed by atoms with van der Waals surface area (Å²) in [5.74, 6) is -0.554. The van der Waals surface area contributed by atoms with E-state index in [1.807, 2.05) is 6.07 Å². The third-order valence-corrected chi connectivity index (χ3v) is 4.20. The van der Waals surface area contributed by atoms with Gasteiger partial charge in [-0.15, -0.1) is 0 Å². The molecule has 1 aromatic carbocycles. The maximum atomic E-state index is 12.1. The van der Waals surface area contributed by atoms with Crippen molar-refractivity contribution >= 4 is 29.3 Å². The summed E-state index contributed by atoms with van der Waals surface area (Å²) in [7, 11) is 0. The highest BCUT2D eigenvalue weighted by molar-refractivity contribution is 8.00. The van der Waals surface area contributed by atoms with Crippen LogP contribution in [-0.4, -0.2) is 27.7 Å². The second-order valence-electron chi connectivity index (χ2n) is 4.60. The number of carboxylic acids is 1. The van der Waals surface area contributed by atoms with Crippen LogP contribution >= 0.6 is 11.8 Å². The molecular weight excluding hydrogens is 288 g/mol. The molecule has 1 amide bonds. The summed E-state index contributed by atoms with van der Waals surface area (Å²) >= 11 is 1.44. The Hall–Kier alpha value is -2.34. The molecule has 5 nitrogen and oxygen atoms in total. The minimum Gasteiger partial charge on any atom is -0.478 e. The van der Waals surface area contributed by atoms with Crippen LogP contribution in [0.4, 0.5) is 5.69 Å².